The molecule has 0 fully saturated rings. The van der Waals surface area contributed by atoms with E-state index < -0.39 is 0 Å². The minimum absolute atomic E-state index is 0.265. The van der Waals surface area contributed by atoms with Gasteiger partial charge in [-0.15, -0.1) is 0 Å². The molecule has 0 aromatic rings. The molecule has 0 aliphatic heterocycles. The first kappa shape index (κ1) is 32.9. The fourth-order valence-electron chi connectivity index (χ4n) is 5.13. The van der Waals surface area contributed by atoms with E-state index in [1.165, 1.54) is 166 Å². The molecule has 0 saturated carbocycles. The summed E-state index contributed by atoms with van der Waals surface area (Å²) in [6, 6.07) is 0.265. The topological polar surface area (TPSA) is 26.3 Å². The molecule has 0 rings (SSSR count). The molecule has 2 heteroatoms. The highest BCUT2D eigenvalue weighted by atomic mass is 16.5. The molecular weight excluding hydrogens is 402 g/mol. The average molecular weight is 467 g/mol. The molecule has 1 atom stereocenters. The van der Waals surface area contributed by atoms with E-state index in [1.807, 2.05) is 0 Å². The largest absolute Gasteiger partial charge is 0.785 e. The van der Waals surface area contributed by atoms with E-state index in [0.717, 1.165) is 12.8 Å². The van der Waals surface area contributed by atoms with Crippen molar-refractivity contribution in [3.05, 3.63) is 5.21 Å². The Morgan fingerprint density at radius 1 is 0.394 bits per heavy atom. The lowest BCUT2D eigenvalue weighted by Gasteiger charge is -2.33. The van der Waals surface area contributed by atoms with E-state index >= 15 is 0 Å². The van der Waals surface area contributed by atoms with Crippen LogP contribution in [0.2, 0.25) is 0 Å². The van der Waals surface area contributed by atoms with Gasteiger partial charge in [0.15, 0.2) is 0 Å². The Morgan fingerprint density at radius 3 is 0.818 bits per heavy atom. The van der Waals surface area contributed by atoms with Gasteiger partial charge in [-0.25, -0.2) is 0 Å². The molecule has 33 heavy (non-hydrogen) atoms. The van der Waals surface area contributed by atoms with Gasteiger partial charge in [-0.05, 0) is 25.9 Å². The maximum atomic E-state index is 11.9. The van der Waals surface area contributed by atoms with Gasteiger partial charge in [0.05, 0.1) is 0 Å². The third kappa shape index (κ3) is 26.4. The van der Waals surface area contributed by atoms with Crippen molar-refractivity contribution in [2.75, 3.05) is 7.05 Å². The van der Waals surface area contributed by atoms with Crippen LogP contribution in [0.5, 0.6) is 0 Å². The third-order valence-electron chi connectivity index (χ3n) is 7.55. The maximum absolute atomic E-state index is 11.9. The van der Waals surface area contributed by atoms with Crippen LogP contribution in [0.4, 0.5) is 0 Å². The van der Waals surface area contributed by atoms with E-state index in [4.69, 9.17) is 0 Å². The summed E-state index contributed by atoms with van der Waals surface area (Å²) in [4.78, 5) is 0. The number of hydrogen-bond acceptors (Lipinski definition) is 2. The Morgan fingerprint density at radius 2 is 0.606 bits per heavy atom. The molecule has 0 amide bonds. The SMILES string of the molecule is CCCCCCCCCCCCCCCCCCC(CCCCCCCCCCC)N(C)[O-]. The van der Waals surface area contributed by atoms with Crippen LogP contribution in [-0.2, 0) is 0 Å². The van der Waals surface area contributed by atoms with Crippen LogP contribution in [-0.4, -0.2) is 18.2 Å². The average Bonchev–Trinajstić information content (AvgIpc) is 2.81. The van der Waals surface area contributed by atoms with E-state index in [9.17, 15) is 5.21 Å². The van der Waals surface area contributed by atoms with E-state index in [1.54, 1.807) is 7.05 Å². The van der Waals surface area contributed by atoms with Crippen molar-refractivity contribution in [3.8, 4) is 0 Å². The third-order valence-corrected chi connectivity index (χ3v) is 7.55. The molecule has 0 aromatic heterocycles. The summed E-state index contributed by atoms with van der Waals surface area (Å²) in [5, 5.41) is 13.2. The van der Waals surface area contributed by atoms with Crippen molar-refractivity contribution in [1.82, 2.24) is 5.06 Å². The minimum atomic E-state index is 0.265. The van der Waals surface area contributed by atoms with Gasteiger partial charge in [-0.2, -0.15) is 0 Å². The van der Waals surface area contributed by atoms with E-state index in [0.29, 0.717) is 0 Å². The molecule has 0 aliphatic carbocycles. The van der Waals surface area contributed by atoms with E-state index in [2.05, 4.69) is 13.8 Å². The summed E-state index contributed by atoms with van der Waals surface area (Å²) < 4.78 is 0. The Bertz CT molecular complexity index is 344. The normalized spacial score (nSPS) is 12.6. The van der Waals surface area contributed by atoms with Crippen LogP contribution in [0.1, 0.15) is 187 Å². The number of hydroxylamine groups is 2. The summed E-state index contributed by atoms with van der Waals surface area (Å²) in [7, 11) is 1.74. The standard InChI is InChI=1S/C31H64NO/c1-4-6-8-10-12-14-15-16-17-18-19-20-22-24-26-28-30-31(32(3)33)29-27-25-23-21-13-11-9-7-5-2/h31H,4-30H2,1-3H3/q-1. The molecule has 0 heterocycles. The Balaban J connectivity index is 3.37. The molecule has 0 radical (unpaired) electrons. The molecule has 1 unspecified atom stereocenters. The molecule has 0 bridgehead atoms. The monoisotopic (exact) mass is 466 g/mol. The summed E-state index contributed by atoms with van der Waals surface area (Å²) in [6.07, 6.45) is 37.1. The van der Waals surface area contributed by atoms with Gasteiger partial charge in [-0.3, -0.25) is 0 Å². The number of unbranched alkanes of at least 4 members (excludes halogenated alkanes) is 23. The highest BCUT2D eigenvalue weighted by molar-refractivity contribution is 4.69. The second-order valence-corrected chi connectivity index (χ2v) is 10.9. The Labute approximate surface area is 210 Å². The highest BCUT2D eigenvalue weighted by Gasteiger charge is 2.07. The van der Waals surface area contributed by atoms with E-state index in [-0.39, 0.29) is 6.04 Å². The van der Waals surface area contributed by atoms with Gasteiger partial charge in [0.1, 0.15) is 0 Å². The molecular formula is C31H64NO-. The van der Waals surface area contributed by atoms with Crippen LogP contribution in [0.15, 0.2) is 0 Å². The summed E-state index contributed by atoms with van der Waals surface area (Å²) in [5.74, 6) is 0. The van der Waals surface area contributed by atoms with Crippen molar-refractivity contribution in [2.24, 2.45) is 0 Å². The molecule has 0 aromatic carbocycles. The van der Waals surface area contributed by atoms with Gasteiger partial charge >= 0.3 is 0 Å². The molecule has 200 valence electrons. The fraction of sp³-hybridized carbons (Fsp3) is 1.00. The van der Waals surface area contributed by atoms with Gasteiger partial charge in [0.2, 0.25) is 0 Å². The summed E-state index contributed by atoms with van der Waals surface area (Å²) in [6.45, 7) is 4.58. The van der Waals surface area contributed by atoms with Crippen LogP contribution < -0.4 is 0 Å². The van der Waals surface area contributed by atoms with Gasteiger partial charge in [0, 0.05) is 0 Å². The quantitative estimate of drug-likeness (QED) is 0.0846. The number of nitrogens with zero attached hydrogens (tertiary/aromatic N) is 1. The van der Waals surface area contributed by atoms with Crippen LogP contribution >= 0.6 is 0 Å². The lowest BCUT2D eigenvalue weighted by Crippen LogP contribution is -2.26. The lowest BCUT2D eigenvalue weighted by atomic mass is 9.99. The smallest absolute Gasteiger partial charge is 0.00282 e. The zero-order chi connectivity index (χ0) is 24.2. The summed E-state index contributed by atoms with van der Waals surface area (Å²) >= 11 is 0. The van der Waals surface area contributed by atoms with Crippen molar-refractivity contribution < 1.29 is 0 Å². The first-order valence-corrected chi connectivity index (χ1v) is 15.6. The first-order valence-electron chi connectivity index (χ1n) is 15.6. The molecule has 0 aliphatic rings. The van der Waals surface area contributed by atoms with Crippen LogP contribution in [0.3, 0.4) is 0 Å². The van der Waals surface area contributed by atoms with Crippen molar-refractivity contribution in [2.45, 2.75) is 193 Å². The number of hydrogen-bond donors (Lipinski definition) is 0. The van der Waals surface area contributed by atoms with Crippen LogP contribution in [0, 0.1) is 5.21 Å². The molecule has 2 nitrogen and oxygen atoms in total. The van der Waals surface area contributed by atoms with Gasteiger partial charge in [0.25, 0.3) is 0 Å². The first-order chi connectivity index (χ1) is 16.2. The molecule has 0 N–H and O–H groups in total. The zero-order valence-electron chi connectivity index (χ0n) is 23.5. The number of rotatable bonds is 28. The van der Waals surface area contributed by atoms with Crippen molar-refractivity contribution >= 4 is 0 Å². The van der Waals surface area contributed by atoms with Gasteiger partial charge in [-0.1, -0.05) is 174 Å². The zero-order valence-corrected chi connectivity index (χ0v) is 23.5. The molecule has 0 spiro atoms. The second-order valence-electron chi connectivity index (χ2n) is 10.9. The Hall–Kier alpha value is -0.0800. The predicted octanol–water partition coefficient (Wildman–Crippen LogP) is 11.4. The fourth-order valence-corrected chi connectivity index (χ4v) is 5.13. The maximum Gasteiger partial charge on any atom is -0.00282 e. The van der Waals surface area contributed by atoms with Crippen molar-refractivity contribution in [3.63, 3.8) is 0 Å². The molecule has 0 saturated heterocycles. The van der Waals surface area contributed by atoms with Crippen molar-refractivity contribution in [1.29, 1.82) is 0 Å². The highest BCUT2D eigenvalue weighted by Crippen LogP contribution is 2.18. The van der Waals surface area contributed by atoms with Gasteiger partial charge < -0.3 is 10.3 Å². The predicted molar refractivity (Wildman–Crippen MR) is 151 cm³/mol. The lowest BCUT2D eigenvalue weighted by molar-refractivity contribution is 0.280. The van der Waals surface area contributed by atoms with Crippen LogP contribution in [0.25, 0.3) is 0 Å². The second kappa shape index (κ2) is 28.2. The Kier molecular flexibility index (Phi) is 28.1. The summed E-state index contributed by atoms with van der Waals surface area (Å²) in [5.41, 5.74) is 0. The minimum Gasteiger partial charge on any atom is -0.785 e.